The van der Waals surface area contributed by atoms with Crippen molar-refractivity contribution >= 4 is 17.5 Å². The molecule has 1 amide bonds. The van der Waals surface area contributed by atoms with Gasteiger partial charge in [-0.3, -0.25) is 4.79 Å². The van der Waals surface area contributed by atoms with E-state index in [0.29, 0.717) is 22.3 Å². The second-order valence-electron chi connectivity index (χ2n) is 8.71. The second kappa shape index (κ2) is 9.28. The van der Waals surface area contributed by atoms with Gasteiger partial charge in [0.2, 0.25) is 0 Å². The van der Waals surface area contributed by atoms with E-state index in [9.17, 15) is 4.79 Å². The van der Waals surface area contributed by atoms with Crippen molar-refractivity contribution in [2.24, 2.45) is 13.0 Å². The maximum absolute atomic E-state index is 13.7. The molecular formula is C27H27ClN4O. The van der Waals surface area contributed by atoms with E-state index in [1.54, 1.807) is 4.68 Å². The quantitative estimate of drug-likeness (QED) is 0.389. The Hall–Kier alpha value is -3.31. The van der Waals surface area contributed by atoms with Crippen LogP contribution in [0.15, 0.2) is 79.0 Å². The summed E-state index contributed by atoms with van der Waals surface area (Å²) in [5.41, 5.74) is 4.33. The van der Waals surface area contributed by atoms with Gasteiger partial charge in [0.15, 0.2) is 0 Å². The van der Waals surface area contributed by atoms with Crippen LogP contribution < -0.4 is 0 Å². The average Bonchev–Trinajstić information content (AvgIpc) is 3.46. The maximum Gasteiger partial charge on any atom is 0.272 e. The molecule has 5 nitrogen and oxygen atoms in total. The molecular weight excluding hydrogens is 432 g/mol. The van der Waals surface area contributed by atoms with Crippen molar-refractivity contribution in [3.05, 3.63) is 95.3 Å². The van der Waals surface area contributed by atoms with E-state index in [2.05, 4.69) is 30.3 Å². The average molecular weight is 459 g/mol. The van der Waals surface area contributed by atoms with E-state index in [4.69, 9.17) is 16.7 Å². The molecule has 0 unspecified atom stereocenters. The minimum atomic E-state index is 0.000963. The van der Waals surface area contributed by atoms with Crippen LogP contribution in [0.2, 0.25) is 5.02 Å². The Morgan fingerprint density at radius 3 is 2.42 bits per heavy atom. The van der Waals surface area contributed by atoms with Crippen LogP contribution >= 0.6 is 11.6 Å². The molecule has 2 aromatic heterocycles. The SMILES string of the molecule is Cn1cccc1-c1cc(C(=O)N2CCC(Cc3ccccc3)CC2)n(-c2ccccc2Cl)n1. The van der Waals surface area contributed by atoms with Crippen molar-refractivity contribution in [3.8, 4) is 17.1 Å². The van der Waals surface area contributed by atoms with Gasteiger partial charge in [-0.1, -0.05) is 54.1 Å². The highest BCUT2D eigenvalue weighted by molar-refractivity contribution is 6.32. The number of piperidine rings is 1. The molecule has 0 aliphatic carbocycles. The maximum atomic E-state index is 13.7. The Bertz CT molecular complexity index is 1250. The first-order chi connectivity index (χ1) is 16.1. The highest BCUT2D eigenvalue weighted by Crippen LogP contribution is 2.28. The van der Waals surface area contributed by atoms with E-state index >= 15 is 0 Å². The zero-order chi connectivity index (χ0) is 22.8. The Kier molecular flexibility index (Phi) is 6.05. The number of aromatic nitrogens is 3. The van der Waals surface area contributed by atoms with Crippen molar-refractivity contribution in [2.75, 3.05) is 13.1 Å². The number of hydrogen-bond donors (Lipinski definition) is 0. The number of carbonyl (C=O) groups excluding carboxylic acids is 1. The lowest BCUT2D eigenvalue weighted by Gasteiger charge is -2.32. The number of para-hydroxylation sites is 1. The third-order valence-corrected chi connectivity index (χ3v) is 6.80. The lowest BCUT2D eigenvalue weighted by atomic mass is 9.90. The smallest absolute Gasteiger partial charge is 0.272 e. The molecule has 0 saturated carbocycles. The molecule has 0 spiro atoms. The third-order valence-electron chi connectivity index (χ3n) is 6.48. The molecule has 5 rings (SSSR count). The molecule has 168 valence electrons. The van der Waals surface area contributed by atoms with Gasteiger partial charge in [0, 0.05) is 26.3 Å². The molecule has 3 heterocycles. The normalized spacial score (nSPS) is 14.5. The lowest BCUT2D eigenvalue weighted by Crippen LogP contribution is -2.39. The number of aryl methyl sites for hydroxylation is 1. The predicted molar refractivity (Wildman–Crippen MR) is 132 cm³/mol. The number of likely N-dealkylation sites (tertiary alicyclic amines) is 1. The summed E-state index contributed by atoms with van der Waals surface area (Å²) in [6.45, 7) is 1.51. The predicted octanol–water partition coefficient (Wildman–Crippen LogP) is 5.63. The number of rotatable bonds is 5. The van der Waals surface area contributed by atoms with Crippen LogP contribution in [0, 0.1) is 5.92 Å². The summed E-state index contributed by atoms with van der Waals surface area (Å²) in [6.07, 6.45) is 5.05. The fourth-order valence-electron chi connectivity index (χ4n) is 4.64. The summed E-state index contributed by atoms with van der Waals surface area (Å²) in [5, 5.41) is 5.36. The molecule has 0 atom stereocenters. The number of carbonyl (C=O) groups is 1. The molecule has 1 saturated heterocycles. The van der Waals surface area contributed by atoms with E-state index in [1.807, 2.05) is 65.2 Å². The van der Waals surface area contributed by atoms with Gasteiger partial charge in [-0.15, -0.1) is 0 Å². The van der Waals surface area contributed by atoms with Crippen LogP contribution in [0.25, 0.3) is 17.1 Å². The highest BCUT2D eigenvalue weighted by atomic mass is 35.5. The number of hydrogen-bond acceptors (Lipinski definition) is 2. The number of benzene rings is 2. The first-order valence-electron chi connectivity index (χ1n) is 11.4. The largest absolute Gasteiger partial charge is 0.349 e. The van der Waals surface area contributed by atoms with Gasteiger partial charge in [-0.05, 0) is 61.1 Å². The monoisotopic (exact) mass is 458 g/mol. The molecule has 1 fully saturated rings. The van der Waals surface area contributed by atoms with E-state index < -0.39 is 0 Å². The third kappa shape index (κ3) is 4.46. The van der Waals surface area contributed by atoms with Gasteiger partial charge < -0.3 is 9.47 Å². The molecule has 0 N–H and O–H groups in total. The number of amides is 1. The first kappa shape index (κ1) is 21.5. The van der Waals surface area contributed by atoms with Crippen LogP contribution in [0.5, 0.6) is 0 Å². The fraction of sp³-hybridized carbons (Fsp3) is 0.259. The van der Waals surface area contributed by atoms with Crippen LogP contribution in [0.4, 0.5) is 0 Å². The Morgan fingerprint density at radius 1 is 1.00 bits per heavy atom. The fourth-order valence-corrected chi connectivity index (χ4v) is 4.86. The summed E-state index contributed by atoms with van der Waals surface area (Å²) in [7, 11) is 1.98. The van der Waals surface area contributed by atoms with Gasteiger partial charge in [0.25, 0.3) is 5.91 Å². The highest BCUT2D eigenvalue weighted by Gasteiger charge is 2.28. The second-order valence-corrected chi connectivity index (χ2v) is 9.11. The van der Waals surface area contributed by atoms with Crippen LogP contribution in [-0.4, -0.2) is 38.2 Å². The number of nitrogens with zero attached hydrogens (tertiary/aromatic N) is 4. The van der Waals surface area contributed by atoms with Crippen molar-refractivity contribution in [1.82, 2.24) is 19.2 Å². The molecule has 6 heteroatoms. The molecule has 1 aliphatic heterocycles. The summed E-state index contributed by atoms with van der Waals surface area (Å²) in [5.74, 6) is 0.602. The zero-order valence-corrected chi connectivity index (χ0v) is 19.4. The Morgan fingerprint density at radius 2 is 1.73 bits per heavy atom. The van der Waals surface area contributed by atoms with Crippen molar-refractivity contribution in [2.45, 2.75) is 19.3 Å². The number of halogens is 1. The molecule has 0 bridgehead atoms. The topological polar surface area (TPSA) is 43.1 Å². The van der Waals surface area contributed by atoms with Crippen molar-refractivity contribution in [1.29, 1.82) is 0 Å². The van der Waals surface area contributed by atoms with Crippen LogP contribution in [-0.2, 0) is 13.5 Å². The van der Waals surface area contributed by atoms with Gasteiger partial charge in [-0.25, -0.2) is 4.68 Å². The molecule has 0 radical (unpaired) electrons. The lowest BCUT2D eigenvalue weighted by molar-refractivity contribution is 0.0681. The summed E-state index contributed by atoms with van der Waals surface area (Å²) in [6, 6.07) is 24.0. The van der Waals surface area contributed by atoms with Crippen LogP contribution in [0.3, 0.4) is 0 Å². The summed E-state index contributed by atoms with van der Waals surface area (Å²) in [4.78, 5) is 15.6. The minimum absolute atomic E-state index is 0.000963. The van der Waals surface area contributed by atoms with Crippen LogP contribution in [0.1, 0.15) is 28.9 Å². The van der Waals surface area contributed by atoms with Gasteiger partial charge >= 0.3 is 0 Å². The Labute approximate surface area is 199 Å². The standard InChI is InChI=1S/C27H27ClN4O/c1-30-15-7-12-25(30)23-19-26(32(29-23)24-11-6-5-10-22(24)28)27(33)31-16-13-21(14-17-31)18-20-8-3-2-4-9-20/h2-12,15,19,21H,13-14,16-18H2,1H3. The van der Waals surface area contributed by atoms with E-state index in [1.165, 1.54) is 5.56 Å². The van der Waals surface area contributed by atoms with E-state index in [0.717, 1.165) is 43.7 Å². The van der Waals surface area contributed by atoms with Gasteiger partial charge in [0.1, 0.15) is 11.4 Å². The van der Waals surface area contributed by atoms with Crippen molar-refractivity contribution < 1.29 is 4.79 Å². The van der Waals surface area contributed by atoms with Gasteiger partial charge in [-0.2, -0.15) is 5.10 Å². The molecule has 33 heavy (non-hydrogen) atoms. The van der Waals surface area contributed by atoms with E-state index in [-0.39, 0.29) is 5.91 Å². The van der Waals surface area contributed by atoms with Crippen molar-refractivity contribution in [3.63, 3.8) is 0 Å². The van der Waals surface area contributed by atoms with Gasteiger partial charge in [0.05, 0.1) is 16.4 Å². The molecule has 2 aromatic carbocycles. The minimum Gasteiger partial charge on any atom is -0.349 e. The summed E-state index contributed by atoms with van der Waals surface area (Å²) < 4.78 is 3.70. The first-order valence-corrected chi connectivity index (χ1v) is 11.8. The summed E-state index contributed by atoms with van der Waals surface area (Å²) >= 11 is 6.49. The zero-order valence-electron chi connectivity index (χ0n) is 18.7. The molecule has 4 aromatic rings. The Balaban J connectivity index is 1.40. The molecule has 1 aliphatic rings.